The van der Waals surface area contributed by atoms with Gasteiger partial charge in [0.25, 0.3) is 0 Å². The van der Waals surface area contributed by atoms with Crippen LogP contribution in [-0.2, 0) is 0 Å². The SMILES string of the molecule is Cc1cc(F)ccc1OCC(C)CO. The highest BCUT2D eigenvalue weighted by Gasteiger charge is 2.04. The van der Waals surface area contributed by atoms with Crippen molar-refractivity contribution in [3.05, 3.63) is 29.6 Å². The van der Waals surface area contributed by atoms with E-state index in [1.54, 1.807) is 13.0 Å². The molecule has 0 aliphatic rings. The van der Waals surface area contributed by atoms with Gasteiger partial charge in [-0.05, 0) is 30.7 Å². The first-order valence-corrected chi connectivity index (χ1v) is 4.63. The zero-order valence-electron chi connectivity index (χ0n) is 8.46. The van der Waals surface area contributed by atoms with E-state index in [1.165, 1.54) is 12.1 Å². The Hall–Kier alpha value is -1.09. The molecule has 0 fully saturated rings. The van der Waals surface area contributed by atoms with Crippen LogP contribution in [0.15, 0.2) is 18.2 Å². The second kappa shape index (κ2) is 4.96. The Morgan fingerprint density at radius 2 is 2.21 bits per heavy atom. The molecule has 1 unspecified atom stereocenters. The molecule has 1 N–H and O–H groups in total. The Labute approximate surface area is 83.3 Å². The predicted octanol–water partition coefficient (Wildman–Crippen LogP) is 2.14. The molecule has 0 saturated heterocycles. The van der Waals surface area contributed by atoms with Gasteiger partial charge in [-0.15, -0.1) is 0 Å². The van der Waals surface area contributed by atoms with E-state index in [9.17, 15) is 4.39 Å². The minimum absolute atomic E-state index is 0.0967. The van der Waals surface area contributed by atoms with Crippen LogP contribution in [0, 0.1) is 18.7 Å². The topological polar surface area (TPSA) is 29.5 Å². The minimum Gasteiger partial charge on any atom is -0.493 e. The van der Waals surface area contributed by atoms with Gasteiger partial charge in [0, 0.05) is 12.5 Å². The molecule has 0 spiro atoms. The quantitative estimate of drug-likeness (QED) is 0.803. The Morgan fingerprint density at radius 3 is 2.79 bits per heavy atom. The molecule has 14 heavy (non-hydrogen) atoms. The van der Waals surface area contributed by atoms with Crippen LogP contribution in [0.3, 0.4) is 0 Å². The zero-order chi connectivity index (χ0) is 10.6. The number of rotatable bonds is 4. The zero-order valence-corrected chi connectivity index (χ0v) is 8.46. The highest BCUT2D eigenvalue weighted by molar-refractivity contribution is 5.32. The molecule has 2 nitrogen and oxygen atoms in total. The largest absolute Gasteiger partial charge is 0.493 e. The molecule has 0 bridgehead atoms. The fourth-order valence-electron chi connectivity index (χ4n) is 1.06. The monoisotopic (exact) mass is 198 g/mol. The van der Waals surface area contributed by atoms with Crippen LogP contribution in [0.5, 0.6) is 5.75 Å². The maximum absolute atomic E-state index is 12.7. The first kappa shape index (κ1) is 11.0. The van der Waals surface area contributed by atoms with Gasteiger partial charge in [-0.3, -0.25) is 0 Å². The molecule has 0 aliphatic heterocycles. The lowest BCUT2D eigenvalue weighted by molar-refractivity contribution is 0.174. The van der Waals surface area contributed by atoms with Crippen molar-refractivity contribution >= 4 is 0 Å². The lowest BCUT2D eigenvalue weighted by atomic mass is 10.2. The Balaban J connectivity index is 2.59. The van der Waals surface area contributed by atoms with Crippen molar-refractivity contribution in [1.29, 1.82) is 0 Å². The van der Waals surface area contributed by atoms with Crippen molar-refractivity contribution < 1.29 is 14.2 Å². The summed E-state index contributed by atoms with van der Waals surface area (Å²) in [4.78, 5) is 0. The summed E-state index contributed by atoms with van der Waals surface area (Å²) in [6.07, 6.45) is 0. The molecule has 0 amide bonds. The van der Waals surface area contributed by atoms with E-state index >= 15 is 0 Å². The summed E-state index contributed by atoms with van der Waals surface area (Å²) in [7, 11) is 0. The second-order valence-electron chi connectivity index (χ2n) is 3.51. The minimum atomic E-state index is -0.259. The van der Waals surface area contributed by atoms with Gasteiger partial charge in [0.2, 0.25) is 0 Å². The summed E-state index contributed by atoms with van der Waals surface area (Å²) >= 11 is 0. The number of halogens is 1. The van der Waals surface area contributed by atoms with Gasteiger partial charge in [0.1, 0.15) is 11.6 Å². The Morgan fingerprint density at radius 1 is 1.50 bits per heavy atom. The van der Waals surface area contributed by atoms with Gasteiger partial charge in [0.05, 0.1) is 6.61 Å². The van der Waals surface area contributed by atoms with Gasteiger partial charge in [0.15, 0.2) is 0 Å². The molecule has 0 heterocycles. The van der Waals surface area contributed by atoms with Crippen LogP contribution in [0.4, 0.5) is 4.39 Å². The Kier molecular flexibility index (Phi) is 3.89. The van der Waals surface area contributed by atoms with Crippen LogP contribution in [0.2, 0.25) is 0 Å². The van der Waals surface area contributed by atoms with E-state index in [-0.39, 0.29) is 18.3 Å². The average molecular weight is 198 g/mol. The molecule has 1 aromatic carbocycles. The van der Waals surface area contributed by atoms with E-state index in [4.69, 9.17) is 9.84 Å². The third-order valence-corrected chi connectivity index (χ3v) is 1.97. The molecular formula is C11H15FO2. The summed E-state index contributed by atoms with van der Waals surface area (Å²) in [5, 5.41) is 8.79. The van der Waals surface area contributed by atoms with Crippen LogP contribution in [0.25, 0.3) is 0 Å². The normalized spacial score (nSPS) is 12.6. The number of hydrogen-bond acceptors (Lipinski definition) is 2. The van der Waals surface area contributed by atoms with E-state index in [1.807, 2.05) is 6.92 Å². The summed E-state index contributed by atoms with van der Waals surface area (Å²) in [6, 6.07) is 4.40. The molecular weight excluding hydrogens is 183 g/mol. The van der Waals surface area contributed by atoms with E-state index in [0.717, 1.165) is 5.56 Å². The van der Waals surface area contributed by atoms with Crippen LogP contribution >= 0.6 is 0 Å². The van der Waals surface area contributed by atoms with Crippen molar-refractivity contribution in [1.82, 2.24) is 0 Å². The third kappa shape index (κ3) is 3.00. The third-order valence-electron chi connectivity index (χ3n) is 1.97. The molecule has 0 aromatic heterocycles. The highest BCUT2D eigenvalue weighted by Crippen LogP contribution is 2.18. The number of benzene rings is 1. The molecule has 3 heteroatoms. The lowest BCUT2D eigenvalue weighted by Crippen LogP contribution is -2.12. The number of ether oxygens (including phenoxy) is 1. The average Bonchev–Trinajstić information content (AvgIpc) is 2.16. The fourth-order valence-corrected chi connectivity index (χ4v) is 1.06. The first-order valence-electron chi connectivity index (χ1n) is 4.63. The maximum atomic E-state index is 12.7. The highest BCUT2D eigenvalue weighted by atomic mass is 19.1. The number of aliphatic hydroxyl groups excluding tert-OH is 1. The number of aryl methyl sites for hydroxylation is 1. The molecule has 0 aliphatic carbocycles. The molecule has 1 atom stereocenters. The van der Waals surface area contributed by atoms with E-state index in [0.29, 0.717) is 12.4 Å². The molecule has 78 valence electrons. The number of aliphatic hydroxyl groups is 1. The predicted molar refractivity (Wildman–Crippen MR) is 52.9 cm³/mol. The van der Waals surface area contributed by atoms with Gasteiger partial charge in [-0.1, -0.05) is 6.92 Å². The summed E-state index contributed by atoms with van der Waals surface area (Å²) in [5.41, 5.74) is 0.773. The Bertz CT molecular complexity index is 299. The van der Waals surface area contributed by atoms with Gasteiger partial charge in [-0.2, -0.15) is 0 Å². The lowest BCUT2D eigenvalue weighted by Gasteiger charge is -2.12. The molecule has 1 rings (SSSR count). The van der Waals surface area contributed by atoms with Crippen LogP contribution in [-0.4, -0.2) is 18.3 Å². The van der Waals surface area contributed by atoms with Crippen molar-refractivity contribution in [3.63, 3.8) is 0 Å². The smallest absolute Gasteiger partial charge is 0.123 e. The molecule has 1 aromatic rings. The summed E-state index contributed by atoms with van der Waals surface area (Å²) in [6.45, 7) is 4.23. The second-order valence-corrected chi connectivity index (χ2v) is 3.51. The number of hydrogen-bond donors (Lipinski definition) is 1. The van der Waals surface area contributed by atoms with E-state index < -0.39 is 0 Å². The molecule has 0 radical (unpaired) electrons. The molecule has 0 saturated carbocycles. The van der Waals surface area contributed by atoms with Crippen molar-refractivity contribution in [2.75, 3.05) is 13.2 Å². The van der Waals surface area contributed by atoms with Gasteiger partial charge >= 0.3 is 0 Å². The summed E-state index contributed by atoms with van der Waals surface area (Å²) in [5.74, 6) is 0.510. The van der Waals surface area contributed by atoms with Gasteiger partial charge < -0.3 is 9.84 Å². The maximum Gasteiger partial charge on any atom is 0.123 e. The fraction of sp³-hybridized carbons (Fsp3) is 0.455. The van der Waals surface area contributed by atoms with Crippen LogP contribution in [0.1, 0.15) is 12.5 Å². The van der Waals surface area contributed by atoms with E-state index in [2.05, 4.69) is 0 Å². The van der Waals surface area contributed by atoms with Crippen molar-refractivity contribution in [2.24, 2.45) is 5.92 Å². The van der Waals surface area contributed by atoms with Crippen molar-refractivity contribution in [2.45, 2.75) is 13.8 Å². The van der Waals surface area contributed by atoms with Crippen molar-refractivity contribution in [3.8, 4) is 5.75 Å². The standard InChI is InChI=1S/C11H15FO2/c1-8(6-13)7-14-11-4-3-10(12)5-9(11)2/h3-5,8,13H,6-7H2,1-2H3. The van der Waals surface area contributed by atoms with Gasteiger partial charge in [-0.25, -0.2) is 4.39 Å². The first-order chi connectivity index (χ1) is 6.63. The van der Waals surface area contributed by atoms with Crippen LogP contribution < -0.4 is 4.74 Å². The summed E-state index contributed by atoms with van der Waals surface area (Å²) < 4.78 is 18.1.